The number of carbonyl (C=O) groups is 1. The fourth-order valence-electron chi connectivity index (χ4n) is 2.86. The van der Waals surface area contributed by atoms with Gasteiger partial charge in [-0.3, -0.25) is 4.79 Å². The Labute approximate surface area is 129 Å². The second-order valence-corrected chi connectivity index (χ2v) is 6.70. The third kappa shape index (κ3) is 5.18. The third-order valence-electron chi connectivity index (χ3n) is 4.47. The maximum Gasteiger partial charge on any atom is 0.312 e. The van der Waals surface area contributed by atoms with Crippen LogP contribution < -0.4 is 0 Å². The van der Waals surface area contributed by atoms with Crippen molar-refractivity contribution in [2.24, 2.45) is 17.3 Å². The molecule has 2 unspecified atom stereocenters. The summed E-state index contributed by atoms with van der Waals surface area (Å²) in [6, 6.07) is 10.2. The first-order valence-corrected chi connectivity index (χ1v) is 8.11. The minimum Gasteiger partial charge on any atom is -0.465 e. The molecule has 0 aliphatic rings. The van der Waals surface area contributed by atoms with E-state index in [1.54, 1.807) is 0 Å². The summed E-state index contributed by atoms with van der Waals surface area (Å²) in [7, 11) is 0. The van der Waals surface area contributed by atoms with Crippen LogP contribution in [0.2, 0.25) is 0 Å². The van der Waals surface area contributed by atoms with Crippen molar-refractivity contribution in [3.05, 3.63) is 35.9 Å². The van der Waals surface area contributed by atoms with Crippen molar-refractivity contribution < 1.29 is 9.53 Å². The van der Waals surface area contributed by atoms with Crippen molar-refractivity contribution in [1.29, 1.82) is 0 Å². The van der Waals surface area contributed by atoms with Crippen LogP contribution in [0, 0.1) is 17.3 Å². The Hall–Kier alpha value is -1.31. The fraction of sp³-hybridized carbons (Fsp3) is 0.632. The van der Waals surface area contributed by atoms with Crippen LogP contribution in [0.1, 0.15) is 53.0 Å². The topological polar surface area (TPSA) is 26.3 Å². The van der Waals surface area contributed by atoms with Gasteiger partial charge in [-0.05, 0) is 30.7 Å². The second-order valence-electron chi connectivity index (χ2n) is 6.70. The standard InChI is InChI=1S/C19H30O2/c1-6-16(4)19(5,14-15(2)3)18(20)21-13-12-17-10-8-7-9-11-17/h7-11,15-16H,6,12-14H2,1-5H3. The van der Waals surface area contributed by atoms with Crippen molar-refractivity contribution in [1.82, 2.24) is 0 Å². The molecule has 0 radical (unpaired) electrons. The van der Waals surface area contributed by atoms with Gasteiger partial charge < -0.3 is 4.74 Å². The Morgan fingerprint density at radius 3 is 2.33 bits per heavy atom. The Kier molecular flexibility index (Phi) is 6.94. The molecule has 0 N–H and O–H groups in total. The summed E-state index contributed by atoms with van der Waals surface area (Å²) in [4.78, 5) is 12.6. The normalized spacial score (nSPS) is 15.5. The van der Waals surface area contributed by atoms with Crippen LogP contribution in [-0.4, -0.2) is 12.6 Å². The van der Waals surface area contributed by atoms with Crippen molar-refractivity contribution in [3.8, 4) is 0 Å². The van der Waals surface area contributed by atoms with E-state index < -0.39 is 0 Å². The summed E-state index contributed by atoms with van der Waals surface area (Å²) in [6.45, 7) is 11.1. The zero-order chi connectivity index (χ0) is 15.9. The summed E-state index contributed by atoms with van der Waals surface area (Å²) in [5.41, 5.74) is 0.832. The van der Waals surface area contributed by atoms with Gasteiger partial charge in [0.25, 0.3) is 0 Å². The molecule has 2 nitrogen and oxygen atoms in total. The lowest BCUT2D eigenvalue weighted by Crippen LogP contribution is -2.37. The molecule has 0 fully saturated rings. The molecule has 0 amide bonds. The molecule has 1 aromatic carbocycles. The molecule has 1 rings (SSSR count). The predicted molar refractivity (Wildman–Crippen MR) is 88.1 cm³/mol. The van der Waals surface area contributed by atoms with E-state index in [9.17, 15) is 4.79 Å². The van der Waals surface area contributed by atoms with Crippen LogP contribution in [0.15, 0.2) is 30.3 Å². The molecule has 0 saturated heterocycles. The number of benzene rings is 1. The van der Waals surface area contributed by atoms with Crippen LogP contribution in [0.25, 0.3) is 0 Å². The molecule has 0 aromatic heterocycles. The highest BCUT2D eigenvalue weighted by Crippen LogP contribution is 2.37. The largest absolute Gasteiger partial charge is 0.465 e. The van der Waals surface area contributed by atoms with Gasteiger partial charge >= 0.3 is 5.97 Å². The molecule has 2 heteroatoms. The summed E-state index contributed by atoms with van der Waals surface area (Å²) in [6.07, 6.45) is 2.66. The maximum atomic E-state index is 12.6. The van der Waals surface area contributed by atoms with Gasteiger partial charge in [-0.1, -0.05) is 64.4 Å². The lowest BCUT2D eigenvalue weighted by atomic mass is 9.71. The molecule has 0 bridgehead atoms. The Morgan fingerprint density at radius 2 is 1.81 bits per heavy atom. The summed E-state index contributed by atoms with van der Waals surface area (Å²) in [5, 5.41) is 0. The van der Waals surface area contributed by atoms with Gasteiger partial charge in [0.05, 0.1) is 12.0 Å². The molecule has 0 aliphatic carbocycles. The first-order valence-electron chi connectivity index (χ1n) is 8.11. The molecular formula is C19H30O2. The molecule has 0 heterocycles. The van der Waals surface area contributed by atoms with E-state index in [2.05, 4.69) is 46.8 Å². The molecule has 118 valence electrons. The monoisotopic (exact) mass is 290 g/mol. The van der Waals surface area contributed by atoms with Crippen LogP contribution in [-0.2, 0) is 16.0 Å². The lowest BCUT2D eigenvalue weighted by molar-refractivity contribution is -0.159. The average molecular weight is 290 g/mol. The Balaban J connectivity index is 2.60. The summed E-state index contributed by atoms with van der Waals surface area (Å²) in [5.74, 6) is 0.788. The zero-order valence-corrected chi connectivity index (χ0v) is 14.2. The molecule has 0 aliphatic heterocycles. The molecule has 2 atom stereocenters. The molecular weight excluding hydrogens is 260 g/mol. The van der Waals surface area contributed by atoms with Crippen LogP contribution >= 0.6 is 0 Å². The van der Waals surface area contributed by atoms with Gasteiger partial charge in [-0.2, -0.15) is 0 Å². The van der Waals surface area contributed by atoms with Gasteiger partial charge in [-0.15, -0.1) is 0 Å². The lowest BCUT2D eigenvalue weighted by Gasteiger charge is -2.34. The average Bonchev–Trinajstić information content (AvgIpc) is 2.46. The fourth-order valence-corrected chi connectivity index (χ4v) is 2.86. The van der Waals surface area contributed by atoms with Gasteiger partial charge in [0.1, 0.15) is 0 Å². The summed E-state index contributed by atoms with van der Waals surface area (Å²) >= 11 is 0. The number of esters is 1. The van der Waals surface area contributed by atoms with Crippen LogP contribution in [0.3, 0.4) is 0 Å². The van der Waals surface area contributed by atoms with Gasteiger partial charge in [0.2, 0.25) is 0 Å². The van der Waals surface area contributed by atoms with E-state index in [-0.39, 0.29) is 11.4 Å². The number of rotatable bonds is 8. The Bertz CT molecular complexity index is 424. The highest BCUT2D eigenvalue weighted by atomic mass is 16.5. The zero-order valence-electron chi connectivity index (χ0n) is 14.2. The smallest absolute Gasteiger partial charge is 0.312 e. The van der Waals surface area contributed by atoms with Crippen molar-refractivity contribution in [3.63, 3.8) is 0 Å². The van der Waals surface area contributed by atoms with E-state index in [0.29, 0.717) is 18.4 Å². The number of ether oxygens (including phenoxy) is 1. The van der Waals surface area contributed by atoms with E-state index in [4.69, 9.17) is 4.74 Å². The molecule has 0 spiro atoms. The van der Waals surface area contributed by atoms with Crippen LogP contribution in [0.4, 0.5) is 0 Å². The first-order chi connectivity index (χ1) is 9.90. The van der Waals surface area contributed by atoms with E-state index in [1.807, 2.05) is 18.2 Å². The maximum absolute atomic E-state index is 12.6. The predicted octanol–water partition coefficient (Wildman–Crippen LogP) is 4.87. The molecule has 21 heavy (non-hydrogen) atoms. The van der Waals surface area contributed by atoms with Crippen molar-refractivity contribution in [2.45, 2.75) is 53.9 Å². The quantitative estimate of drug-likeness (QED) is 0.638. The summed E-state index contributed by atoms with van der Waals surface area (Å²) < 4.78 is 5.60. The molecule has 1 aromatic rings. The van der Waals surface area contributed by atoms with Crippen LogP contribution in [0.5, 0.6) is 0 Å². The van der Waals surface area contributed by atoms with Gasteiger partial charge in [-0.25, -0.2) is 0 Å². The first kappa shape index (κ1) is 17.7. The van der Waals surface area contributed by atoms with Gasteiger partial charge in [0, 0.05) is 6.42 Å². The van der Waals surface area contributed by atoms with Crippen molar-refractivity contribution >= 4 is 5.97 Å². The SMILES string of the molecule is CCC(C)C(C)(CC(C)C)C(=O)OCCc1ccccc1. The van der Waals surface area contributed by atoms with E-state index >= 15 is 0 Å². The van der Waals surface area contributed by atoms with E-state index in [1.165, 1.54) is 5.56 Å². The minimum atomic E-state index is -0.375. The number of hydrogen-bond acceptors (Lipinski definition) is 2. The third-order valence-corrected chi connectivity index (χ3v) is 4.47. The molecule has 0 saturated carbocycles. The highest BCUT2D eigenvalue weighted by molar-refractivity contribution is 5.76. The Morgan fingerprint density at radius 1 is 1.19 bits per heavy atom. The minimum absolute atomic E-state index is 0.0403. The second kappa shape index (κ2) is 8.21. The van der Waals surface area contributed by atoms with Gasteiger partial charge in [0.15, 0.2) is 0 Å². The number of hydrogen-bond donors (Lipinski definition) is 0. The van der Waals surface area contributed by atoms with Crippen molar-refractivity contribution in [2.75, 3.05) is 6.61 Å². The van der Waals surface area contributed by atoms with E-state index in [0.717, 1.165) is 19.3 Å². The highest BCUT2D eigenvalue weighted by Gasteiger charge is 2.39. The number of carbonyl (C=O) groups excluding carboxylic acids is 1.